The van der Waals surface area contributed by atoms with E-state index in [9.17, 15) is 4.79 Å². The Hall–Kier alpha value is -0.750. The number of aliphatic hydroxyl groups is 1. The number of hydrogen-bond acceptors (Lipinski definition) is 5. The van der Waals surface area contributed by atoms with Crippen molar-refractivity contribution < 1.29 is 24.1 Å². The van der Waals surface area contributed by atoms with Gasteiger partial charge in [-0.1, -0.05) is 31.8 Å². The average molecular weight is 369 g/mol. The van der Waals surface area contributed by atoms with E-state index in [1.54, 1.807) is 6.08 Å². The molecule has 0 radical (unpaired) electrons. The third kappa shape index (κ3) is 6.45. The zero-order valence-electron chi connectivity index (χ0n) is 16.3. The molecule has 5 nitrogen and oxygen atoms in total. The number of carbonyl (C=O) groups is 1. The Kier molecular flexibility index (Phi) is 9.83. The fourth-order valence-electron chi connectivity index (χ4n) is 4.21. The molecule has 26 heavy (non-hydrogen) atoms. The predicted molar refractivity (Wildman–Crippen MR) is 101 cm³/mol. The monoisotopic (exact) mass is 368 g/mol. The summed E-state index contributed by atoms with van der Waals surface area (Å²) in [6.07, 6.45) is 12.8. The summed E-state index contributed by atoms with van der Waals surface area (Å²) >= 11 is 0. The van der Waals surface area contributed by atoms with E-state index < -0.39 is 5.79 Å². The fourth-order valence-corrected chi connectivity index (χ4v) is 4.21. The number of ketones is 1. The van der Waals surface area contributed by atoms with E-state index in [4.69, 9.17) is 19.3 Å². The lowest BCUT2D eigenvalue weighted by Gasteiger charge is -2.31. The van der Waals surface area contributed by atoms with Crippen molar-refractivity contribution in [3.8, 4) is 0 Å². The Balaban J connectivity index is 1.84. The molecule has 150 valence electrons. The summed E-state index contributed by atoms with van der Waals surface area (Å²) in [5.41, 5.74) is 0. The maximum absolute atomic E-state index is 12.0. The standard InChI is InChI=1S/C21H36O5/c1-2-24-15-12-19(23)10-9-18-11-13-21(25-16-17-26-21)20(18)8-6-4-3-5-7-14-22/h9-10,18,20,22H,2-8,11-17H2,1H3. The topological polar surface area (TPSA) is 65.0 Å². The summed E-state index contributed by atoms with van der Waals surface area (Å²) in [4.78, 5) is 12.0. The first-order valence-electron chi connectivity index (χ1n) is 10.4. The molecule has 1 spiro atoms. The van der Waals surface area contributed by atoms with Gasteiger partial charge < -0.3 is 19.3 Å². The molecule has 0 bridgehead atoms. The van der Waals surface area contributed by atoms with E-state index in [1.165, 1.54) is 12.8 Å². The minimum Gasteiger partial charge on any atom is -0.396 e. The number of carbonyl (C=O) groups excluding carboxylic acids is 1. The van der Waals surface area contributed by atoms with Crippen LogP contribution < -0.4 is 0 Å². The van der Waals surface area contributed by atoms with E-state index in [2.05, 4.69) is 6.08 Å². The molecule has 2 rings (SSSR count). The minimum atomic E-state index is -0.422. The van der Waals surface area contributed by atoms with Crippen molar-refractivity contribution >= 4 is 5.78 Å². The average Bonchev–Trinajstić information content (AvgIpc) is 3.25. The normalized spacial score (nSPS) is 24.8. The number of unbranched alkanes of at least 4 members (excludes halogenated alkanes) is 4. The van der Waals surface area contributed by atoms with Crippen LogP contribution in [-0.4, -0.2) is 49.7 Å². The van der Waals surface area contributed by atoms with Gasteiger partial charge in [-0.15, -0.1) is 0 Å². The molecule has 0 aromatic carbocycles. The first-order valence-corrected chi connectivity index (χ1v) is 10.4. The molecule has 5 heteroatoms. The van der Waals surface area contributed by atoms with Gasteiger partial charge in [0.1, 0.15) is 0 Å². The van der Waals surface area contributed by atoms with Crippen LogP contribution in [-0.2, 0) is 19.0 Å². The lowest BCUT2D eigenvalue weighted by atomic mass is 9.87. The number of allylic oxidation sites excluding steroid dienone is 2. The van der Waals surface area contributed by atoms with E-state index in [1.807, 2.05) is 6.92 Å². The van der Waals surface area contributed by atoms with Gasteiger partial charge in [0.05, 0.1) is 19.8 Å². The lowest BCUT2D eigenvalue weighted by molar-refractivity contribution is -0.186. The van der Waals surface area contributed by atoms with E-state index >= 15 is 0 Å². The molecule has 0 amide bonds. The second-order valence-electron chi connectivity index (χ2n) is 7.37. The van der Waals surface area contributed by atoms with Crippen molar-refractivity contribution in [1.29, 1.82) is 0 Å². The Bertz CT molecular complexity index is 428. The van der Waals surface area contributed by atoms with Crippen molar-refractivity contribution in [2.75, 3.05) is 33.0 Å². The van der Waals surface area contributed by atoms with Crippen LogP contribution in [0.2, 0.25) is 0 Å². The Morgan fingerprint density at radius 3 is 2.65 bits per heavy atom. The molecule has 1 saturated heterocycles. The highest BCUT2D eigenvalue weighted by Gasteiger charge is 2.51. The number of ether oxygens (including phenoxy) is 3. The molecule has 2 aliphatic rings. The summed E-state index contributed by atoms with van der Waals surface area (Å²) in [5.74, 6) is 0.393. The molecule has 2 atom stereocenters. The second-order valence-corrected chi connectivity index (χ2v) is 7.37. The van der Waals surface area contributed by atoms with E-state index in [0.29, 0.717) is 44.7 Å². The van der Waals surface area contributed by atoms with Gasteiger partial charge in [0.2, 0.25) is 0 Å². The molecule has 2 unspecified atom stereocenters. The van der Waals surface area contributed by atoms with Crippen LogP contribution in [0.15, 0.2) is 12.2 Å². The highest BCUT2D eigenvalue weighted by atomic mass is 16.7. The van der Waals surface area contributed by atoms with Crippen molar-refractivity contribution in [1.82, 2.24) is 0 Å². The molecule has 1 aliphatic heterocycles. The summed E-state index contributed by atoms with van der Waals surface area (Å²) in [7, 11) is 0. The van der Waals surface area contributed by atoms with Crippen LogP contribution in [0.4, 0.5) is 0 Å². The maximum atomic E-state index is 12.0. The van der Waals surface area contributed by atoms with Crippen molar-refractivity contribution in [2.24, 2.45) is 11.8 Å². The van der Waals surface area contributed by atoms with Crippen LogP contribution in [0, 0.1) is 11.8 Å². The van der Waals surface area contributed by atoms with Gasteiger partial charge in [0.15, 0.2) is 11.6 Å². The summed E-state index contributed by atoms with van der Waals surface area (Å²) in [6, 6.07) is 0. The summed E-state index contributed by atoms with van der Waals surface area (Å²) in [6.45, 7) is 4.73. The molecule has 0 aromatic heterocycles. The smallest absolute Gasteiger partial charge is 0.171 e. The van der Waals surface area contributed by atoms with Crippen molar-refractivity contribution in [3.05, 3.63) is 12.2 Å². The highest BCUT2D eigenvalue weighted by Crippen LogP contribution is 2.48. The number of rotatable bonds is 13. The third-order valence-corrected chi connectivity index (χ3v) is 5.58. The molecule has 0 aromatic rings. The predicted octanol–water partition coefficient (Wildman–Crippen LogP) is 3.64. The van der Waals surface area contributed by atoms with Gasteiger partial charge in [0.25, 0.3) is 0 Å². The van der Waals surface area contributed by atoms with Gasteiger partial charge in [-0.3, -0.25) is 4.79 Å². The van der Waals surface area contributed by atoms with E-state index in [-0.39, 0.29) is 12.4 Å². The van der Waals surface area contributed by atoms with Gasteiger partial charge in [-0.05, 0) is 38.2 Å². The van der Waals surface area contributed by atoms with Crippen molar-refractivity contribution in [2.45, 2.75) is 70.5 Å². The zero-order valence-corrected chi connectivity index (χ0v) is 16.3. The van der Waals surface area contributed by atoms with Gasteiger partial charge in [-0.25, -0.2) is 0 Å². The zero-order chi connectivity index (χ0) is 18.7. The molecular formula is C21H36O5. The minimum absolute atomic E-state index is 0.135. The number of aliphatic hydroxyl groups excluding tert-OH is 1. The SMILES string of the molecule is CCOCCC(=O)C=CC1CCC2(OCCO2)C1CCCCCCCO. The molecule has 1 saturated carbocycles. The van der Waals surface area contributed by atoms with Crippen LogP contribution >= 0.6 is 0 Å². The molecule has 2 fully saturated rings. The van der Waals surface area contributed by atoms with Gasteiger partial charge >= 0.3 is 0 Å². The van der Waals surface area contributed by atoms with Crippen LogP contribution in [0.1, 0.15) is 64.7 Å². The second kappa shape index (κ2) is 11.9. The highest BCUT2D eigenvalue weighted by molar-refractivity contribution is 5.89. The first-order chi connectivity index (χ1) is 12.7. The maximum Gasteiger partial charge on any atom is 0.171 e. The summed E-state index contributed by atoms with van der Waals surface area (Å²) < 4.78 is 17.3. The molecular weight excluding hydrogens is 332 g/mol. The van der Waals surface area contributed by atoms with Gasteiger partial charge in [0, 0.05) is 32.0 Å². The van der Waals surface area contributed by atoms with Gasteiger partial charge in [-0.2, -0.15) is 0 Å². The summed E-state index contributed by atoms with van der Waals surface area (Å²) in [5, 5.41) is 8.87. The Morgan fingerprint density at radius 2 is 1.92 bits per heavy atom. The largest absolute Gasteiger partial charge is 0.396 e. The lowest BCUT2D eigenvalue weighted by Crippen LogP contribution is -2.36. The first kappa shape index (κ1) is 21.5. The Labute approximate surface area is 158 Å². The molecule has 1 N–H and O–H groups in total. The van der Waals surface area contributed by atoms with Crippen molar-refractivity contribution in [3.63, 3.8) is 0 Å². The van der Waals surface area contributed by atoms with Crippen LogP contribution in [0.5, 0.6) is 0 Å². The van der Waals surface area contributed by atoms with Crippen LogP contribution in [0.25, 0.3) is 0 Å². The molecule has 1 heterocycles. The quantitative estimate of drug-likeness (QED) is 0.397. The Morgan fingerprint density at radius 1 is 1.19 bits per heavy atom. The number of hydrogen-bond donors (Lipinski definition) is 1. The van der Waals surface area contributed by atoms with Crippen LogP contribution in [0.3, 0.4) is 0 Å². The molecule has 1 aliphatic carbocycles. The third-order valence-electron chi connectivity index (χ3n) is 5.58. The fraction of sp³-hybridized carbons (Fsp3) is 0.857. The van der Waals surface area contributed by atoms with E-state index in [0.717, 1.165) is 38.5 Å².